The summed E-state index contributed by atoms with van der Waals surface area (Å²) in [6.07, 6.45) is 4.07. The van der Waals surface area contributed by atoms with E-state index in [0.717, 1.165) is 42.1 Å². The minimum Gasteiger partial charge on any atom is -0.486 e. The van der Waals surface area contributed by atoms with Crippen molar-refractivity contribution >= 4 is 39.1 Å². The van der Waals surface area contributed by atoms with Crippen molar-refractivity contribution < 1.29 is 31.9 Å². The molecule has 0 spiro atoms. The third kappa shape index (κ3) is 7.10. The smallest absolute Gasteiger partial charge is 0.264 e. The van der Waals surface area contributed by atoms with Crippen LogP contribution in [0, 0.1) is 5.82 Å². The van der Waals surface area contributed by atoms with E-state index >= 15 is 0 Å². The normalized spacial score (nSPS) is 15.4. The highest BCUT2D eigenvalue weighted by Crippen LogP contribution is 2.34. The van der Waals surface area contributed by atoms with E-state index in [-0.39, 0.29) is 41.4 Å². The Bertz CT molecular complexity index is 1600. The van der Waals surface area contributed by atoms with Gasteiger partial charge in [-0.1, -0.05) is 49.6 Å². The van der Waals surface area contributed by atoms with Gasteiger partial charge in [-0.2, -0.15) is 0 Å². The van der Waals surface area contributed by atoms with E-state index in [9.17, 15) is 22.4 Å². The van der Waals surface area contributed by atoms with Gasteiger partial charge < -0.3 is 19.7 Å². The minimum atomic E-state index is -4.38. The number of rotatable bonds is 11. The minimum absolute atomic E-state index is 0.0174. The topological polar surface area (TPSA) is 105 Å². The second-order valence-corrected chi connectivity index (χ2v) is 13.1. The Hall–Kier alpha value is -3.83. The lowest BCUT2D eigenvalue weighted by molar-refractivity contribution is -0.140. The molecule has 5 rings (SSSR count). The van der Waals surface area contributed by atoms with Gasteiger partial charge in [0.05, 0.1) is 10.6 Å². The molecule has 0 aromatic heterocycles. The first-order valence-corrected chi connectivity index (χ1v) is 16.5. The number of carbonyl (C=O) groups is 2. The van der Waals surface area contributed by atoms with Crippen LogP contribution in [0.3, 0.4) is 0 Å². The van der Waals surface area contributed by atoms with Crippen molar-refractivity contribution in [1.29, 1.82) is 0 Å². The van der Waals surface area contributed by atoms with Crippen LogP contribution in [-0.4, -0.2) is 57.0 Å². The summed E-state index contributed by atoms with van der Waals surface area (Å²) < 4.78 is 54.2. The number of ether oxygens (including phenoxy) is 2. The molecule has 1 fully saturated rings. The van der Waals surface area contributed by atoms with Crippen LogP contribution in [0.15, 0.2) is 71.6 Å². The summed E-state index contributed by atoms with van der Waals surface area (Å²) in [5, 5.41) is 3.49. The maximum Gasteiger partial charge on any atom is 0.264 e. The highest BCUT2D eigenvalue weighted by Gasteiger charge is 2.35. The van der Waals surface area contributed by atoms with Crippen LogP contribution in [-0.2, 0) is 26.2 Å². The van der Waals surface area contributed by atoms with E-state index in [4.69, 9.17) is 21.1 Å². The van der Waals surface area contributed by atoms with Crippen molar-refractivity contribution in [3.8, 4) is 11.5 Å². The third-order valence-electron chi connectivity index (χ3n) is 7.88. The molecule has 3 aromatic rings. The van der Waals surface area contributed by atoms with Crippen LogP contribution >= 0.6 is 11.6 Å². The first-order chi connectivity index (χ1) is 21.2. The Balaban J connectivity index is 1.51. The number of hydrogen-bond acceptors (Lipinski definition) is 6. The maximum absolute atomic E-state index is 14.2. The molecule has 0 saturated heterocycles. The SMILES string of the molecule is CC[C@H](C(=O)NC1CCCC1)N(Cc1ccccc1Cl)C(=O)CN(c1ccc(F)cc1)S(=O)(=O)c1ccc2c(c1)OCCO2. The summed E-state index contributed by atoms with van der Waals surface area (Å²) >= 11 is 6.46. The number of carbonyl (C=O) groups excluding carboxylic acids is 2. The summed E-state index contributed by atoms with van der Waals surface area (Å²) in [5.74, 6) is -0.819. The van der Waals surface area contributed by atoms with E-state index in [1.165, 1.54) is 35.2 Å². The summed E-state index contributed by atoms with van der Waals surface area (Å²) in [6.45, 7) is 1.73. The zero-order valence-electron chi connectivity index (χ0n) is 24.4. The van der Waals surface area contributed by atoms with E-state index in [1.807, 2.05) is 0 Å². The monoisotopic (exact) mass is 643 g/mol. The molecule has 1 N–H and O–H groups in total. The van der Waals surface area contributed by atoms with Crippen molar-refractivity contribution in [1.82, 2.24) is 10.2 Å². The summed E-state index contributed by atoms with van der Waals surface area (Å²) in [5.41, 5.74) is 0.688. The fourth-order valence-corrected chi connectivity index (χ4v) is 7.17. The van der Waals surface area contributed by atoms with Gasteiger partial charge in [-0.05, 0) is 67.3 Å². The molecule has 1 saturated carbocycles. The first-order valence-electron chi connectivity index (χ1n) is 14.7. The predicted molar refractivity (Wildman–Crippen MR) is 165 cm³/mol. The van der Waals surface area contributed by atoms with Gasteiger partial charge in [-0.15, -0.1) is 0 Å². The molecule has 1 heterocycles. The van der Waals surface area contributed by atoms with Crippen LogP contribution in [0.5, 0.6) is 11.5 Å². The van der Waals surface area contributed by atoms with Gasteiger partial charge in [0, 0.05) is 23.7 Å². The Morgan fingerprint density at radius 3 is 2.36 bits per heavy atom. The second kappa shape index (κ2) is 13.9. The van der Waals surface area contributed by atoms with Crippen molar-refractivity contribution in [2.75, 3.05) is 24.1 Å². The lowest BCUT2D eigenvalue weighted by Gasteiger charge is -2.34. The fraction of sp³-hybridized carbons (Fsp3) is 0.375. The van der Waals surface area contributed by atoms with Crippen molar-refractivity contribution in [3.05, 3.63) is 83.1 Å². The van der Waals surface area contributed by atoms with Gasteiger partial charge in [-0.25, -0.2) is 12.8 Å². The number of amides is 2. The van der Waals surface area contributed by atoms with Crippen LogP contribution in [0.2, 0.25) is 5.02 Å². The van der Waals surface area contributed by atoms with E-state index in [1.54, 1.807) is 31.2 Å². The van der Waals surface area contributed by atoms with Crippen LogP contribution in [0.4, 0.5) is 10.1 Å². The van der Waals surface area contributed by atoms with Crippen LogP contribution in [0.1, 0.15) is 44.6 Å². The lowest BCUT2D eigenvalue weighted by Crippen LogP contribution is -2.53. The zero-order valence-corrected chi connectivity index (χ0v) is 26.0. The molecule has 1 atom stereocenters. The number of hydrogen-bond donors (Lipinski definition) is 1. The summed E-state index contributed by atoms with van der Waals surface area (Å²) in [7, 11) is -4.38. The predicted octanol–water partition coefficient (Wildman–Crippen LogP) is 5.31. The summed E-state index contributed by atoms with van der Waals surface area (Å²) in [4.78, 5) is 29.0. The Labute approximate surface area is 261 Å². The molecule has 2 amide bonds. The van der Waals surface area contributed by atoms with E-state index in [0.29, 0.717) is 29.4 Å². The van der Waals surface area contributed by atoms with Crippen molar-refractivity contribution in [2.24, 2.45) is 0 Å². The first kappa shape index (κ1) is 31.6. The quantitative estimate of drug-likeness (QED) is 0.304. The molecule has 234 valence electrons. The number of nitrogens with zero attached hydrogens (tertiary/aromatic N) is 2. The molecule has 1 aliphatic carbocycles. The van der Waals surface area contributed by atoms with Crippen LogP contribution < -0.4 is 19.1 Å². The largest absolute Gasteiger partial charge is 0.486 e. The number of nitrogens with one attached hydrogen (secondary N) is 1. The van der Waals surface area contributed by atoms with Gasteiger partial charge in [0.1, 0.15) is 31.6 Å². The lowest BCUT2D eigenvalue weighted by atomic mass is 10.1. The molecule has 9 nitrogen and oxygen atoms in total. The fourth-order valence-electron chi connectivity index (χ4n) is 5.54. The Kier molecular flexibility index (Phi) is 9.95. The summed E-state index contributed by atoms with van der Waals surface area (Å²) in [6, 6.07) is 15.2. The molecule has 0 radical (unpaired) electrons. The number of benzene rings is 3. The Morgan fingerprint density at radius 1 is 1.00 bits per heavy atom. The maximum atomic E-state index is 14.2. The molecule has 2 aliphatic rings. The standard InChI is InChI=1S/C32H35ClFN3O6S/c1-2-28(32(39)35-24-8-4-5-9-24)36(20-22-7-3-6-10-27(22)33)31(38)21-37(25-13-11-23(34)12-14-25)44(40,41)26-15-16-29-30(19-26)43-18-17-42-29/h3,6-7,10-16,19,24,28H,2,4-5,8-9,17-18,20-21H2,1H3,(H,35,39)/t28-/m1/s1. The number of sulfonamides is 1. The van der Waals surface area contributed by atoms with Gasteiger partial charge >= 0.3 is 0 Å². The third-order valence-corrected chi connectivity index (χ3v) is 10.0. The number of fused-ring (bicyclic) bond motifs is 1. The van der Waals surface area contributed by atoms with Crippen LogP contribution in [0.25, 0.3) is 0 Å². The molecule has 12 heteroatoms. The molecule has 1 aliphatic heterocycles. The average molecular weight is 644 g/mol. The highest BCUT2D eigenvalue weighted by molar-refractivity contribution is 7.92. The zero-order chi connectivity index (χ0) is 31.3. The number of halogens is 2. The molecule has 0 unspecified atom stereocenters. The van der Waals surface area contributed by atoms with Crippen molar-refractivity contribution in [3.63, 3.8) is 0 Å². The highest BCUT2D eigenvalue weighted by atomic mass is 35.5. The number of anilines is 1. The van der Waals surface area contributed by atoms with Gasteiger partial charge in [0.25, 0.3) is 10.0 Å². The van der Waals surface area contributed by atoms with E-state index in [2.05, 4.69) is 5.32 Å². The molecule has 0 bridgehead atoms. The van der Waals surface area contributed by atoms with Gasteiger partial charge in [0.15, 0.2) is 11.5 Å². The van der Waals surface area contributed by atoms with Crippen molar-refractivity contribution in [2.45, 2.75) is 62.6 Å². The van der Waals surface area contributed by atoms with E-state index < -0.39 is 34.3 Å². The molecular formula is C32H35ClFN3O6S. The molecular weight excluding hydrogens is 609 g/mol. The Morgan fingerprint density at radius 2 is 1.68 bits per heavy atom. The average Bonchev–Trinajstić information content (AvgIpc) is 3.54. The second-order valence-electron chi connectivity index (χ2n) is 10.8. The molecule has 3 aromatic carbocycles. The van der Waals surface area contributed by atoms with Gasteiger partial charge in [0.2, 0.25) is 11.8 Å². The van der Waals surface area contributed by atoms with Gasteiger partial charge in [-0.3, -0.25) is 13.9 Å². The molecule has 44 heavy (non-hydrogen) atoms.